The van der Waals surface area contributed by atoms with Crippen molar-refractivity contribution in [2.75, 3.05) is 89.8 Å². The van der Waals surface area contributed by atoms with Gasteiger partial charge in [0.25, 0.3) is 35.7 Å². The molecule has 14 N–H and O–H groups in total. The van der Waals surface area contributed by atoms with Gasteiger partial charge in [-0.05, 0) is 55.4 Å². The minimum absolute atomic E-state index is 0.00523. The third-order valence-corrected chi connectivity index (χ3v) is 19.3. The summed E-state index contributed by atoms with van der Waals surface area (Å²) in [6.07, 6.45) is 7.91. The highest BCUT2D eigenvalue weighted by Crippen LogP contribution is 2.40. The van der Waals surface area contributed by atoms with Gasteiger partial charge in [0.05, 0.1) is 130 Å². The lowest BCUT2D eigenvalue weighted by Gasteiger charge is -2.08. The Kier molecular flexibility index (Phi) is 28.0. The number of aliphatic hydroxyl groups is 2. The fourth-order valence-electron chi connectivity index (χ4n) is 12.3. The summed E-state index contributed by atoms with van der Waals surface area (Å²) >= 11 is 0. The highest BCUT2D eigenvalue weighted by molar-refractivity contribution is 6.01. The molecule has 0 aliphatic rings. The number of Topliss-reactive ketones (excluding diaryl/α,β-unsaturated/α-hetero) is 3. The van der Waals surface area contributed by atoms with E-state index < -0.39 is 42.7 Å². The molecule has 15 heterocycles. The molecule has 0 spiro atoms. The van der Waals surface area contributed by atoms with Gasteiger partial charge in [0.2, 0.25) is 0 Å². The van der Waals surface area contributed by atoms with E-state index in [1.165, 1.54) is 136 Å². The summed E-state index contributed by atoms with van der Waals surface area (Å²) in [5.41, 5.74) is 42.4. The summed E-state index contributed by atoms with van der Waals surface area (Å²) in [5, 5.41) is 119. The monoisotopic (exact) mass is 1900 g/mol. The second-order valence-corrected chi connectivity index (χ2v) is 28.3. The van der Waals surface area contributed by atoms with E-state index in [0.29, 0.717) is 39.7 Å². The predicted octanol–water partition coefficient (Wildman–Crippen LogP) is 5.29. The van der Waals surface area contributed by atoms with Gasteiger partial charge in [-0.25, -0.2) is 42.5 Å². The Morgan fingerprint density at radius 1 is 0.304 bits per heavy atom. The van der Waals surface area contributed by atoms with Gasteiger partial charge < -0.3 is 73.0 Å². The number of esters is 3. The molecule has 0 saturated heterocycles. The molecular weight excluding hydrogens is 1820 g/mol. The molecule has 15 aromatic heterocycles. The summed E-state index contributed by atoms with van der Waals surface area (Å²) in [6, 6.07) is -0.335. The van der Waals surface area contributed by atoms with Crippen LogP contribution in [0.2, 0.25) is 0 Å². The summed E-state index contributed by atoms with van der Waals surface area (Å²) in [7, 11) is 16.1. The molecule has 0 radical (unpaired) electrons. The molecule has 138 heavy (non-hydrogen) atoms. The lowest BCUT2D eigenvalue weighted by Crippen LogP contribution is -2.14. The Labute approximate surface area is 773 Å². The van der Waals surface area contributed by atoms with E-state index in [1.807, 2.05) is 0 Å². The Bertz CT molecular complexity index is 6900. The van der Waals surface area contributed by atoms with Gasteiger partial charge in [-0.1, -0.05) is 0 Å². The summed E-state index contributed by atoms with van der Waals surface area (Å²) < 4.78 is 45.8. The van der Waals surface area contributed by atoms with Crippen LogP contribution in [0.1, 0.15) is 110 Å². The molecule has 0 atom stereocenters. The van der Waals surface area contributed by atoms with E-state index in [0.717, 1.165) is 0 Å². The van der Waals surface area contributed by atoms with E-state index in [2.05, 4.69) is 167 Å². The van der Waals surface area contributed by atoms with Crippen LogP contribution in [0.15, 0.2) is 98.6 Å². The average molecular weight is 1900 g/mol. The first-order chi connectivity index (χ1) is 65.9. The van der Waals surface area contributed by atoms with E-state index in [4.69, 9.17) is 62.8 Å². The maximum Gasteiger partial charge on any atom is 0.343 e. The van der Waals surface area contributed by atoms with Crippen molar-refractivity contribution in [1.29, 1.82) is 0 Å². The van der Waals surface area contributed by atoms with Crippen LogP contribution < -0.4 is 48.6 Å². The molecule has 0 aliphatic carbocycles. The number of ether oxygens (including phenoxy) is 6. The number of rotatable bonds is 30. The van der Waals surface area contributed by atoms with Crippen molar-refractivity contribution < 1.29 is 67.4 Å². The van der Waals surface area contributed by atoms with E-state index in [9.17, 15) is 39.0 Å². The number of hydrogen-bond acceptors (Lipinski definition) is 53. The maximum absolute atomic E-state index is 12.3. The maximum atomic E-state index is 12.3. The number of nitrogens with zero attached hydrogens (tertiary/aromatic N) is 45. The molecule has 15 rings (SSSR count). The van der Waals surface area contributed by atoms with E-state index in [1.54, 1.807) is 90.8 Å². The lowest BCUT2D eigenvalue weighted by molar-refractivity contribution is 0.0524. The zero-order valence-electron chi connectivity index (χ0n) is 76.5. The van der Waals surface area contributed by atoms with Gasteiger partial charge >= 0.3 is 35.9 Å². The van der Waals surface area contributed by atoms with Crippen molar-refractivity contribution in [3.63, 3.8) is 0 Å². The van der Waals surface area contributed by atoms with Crippen molar-refractivity contribution in [3.05, 3.63) is 105 Å². The van der Waals surface area contributed by atoms with Crippen molar-refractivity contribution in [1.82, 2.24) is 162 Å². The van der Waals surface area contributed by atoms with Crippen LogP contribution in [0.5, 0.6) is 18.0 Å². The molecule has 0 amide bonds. The fraction of sp³-hybridized carbons (Fsp3) is 0.301. The lowest BCUT2D eigenvalue weighted by atomic mass is 10.2. The standard InChI is InChI=1S/C25H29N17O4.2C24H27N17O5/c1-8-46-22(44)15-10-29-40(6)21(15)36-34-17-12(3)38-42(19(17)27)24-30-23(31-25(32-24)45-7)41-18(26)16(11(2)37-41)33-35-20-14(13(4)43)9-28-39(20)5;2*1-10-15(32-34-19-12(14(43)9-42)7-27-38(19)3)17(25)40(36-10)22-29-23(31-24(30-22)46-6)41-18(26)16(11(2)37-41)33-35-20-13(21(44)45-5)8-28-39(20)4/h9-10H,8,26-27H2,1-7H3;2*7-8,42H,9,25-26H2,1-6H3. The number of nitrogens with two attached hydrogens (primary N) is 6. The first-order valence-corrected chi connectivity index (χ1v) is 39.7. The molecule has 0 unspecified atom stereocenters. The molecule has 0 bridgehead atoms. The smallest absolute Gasteiger partial charge is 0.343 e. The van der Waals surface area contributed by atoms with E-state index >= 15 is 0 Å². The molecule has 0 saturated carbocycles. The topological polar surface area (TPSA) is 833 Å². The molecular formula is C73H83N51O14. The number of carbonyl (C=O) groups excluding carboxylic acids is 6. The van der Waals surface area contributed by atoms with Crippen LogP contribution in [0.25, 0.3) is 35.7 Å². The number of nitrogen functional groups attached to an aromatic ring is 6. The number of ketones is 3. The van der Waals surface area contributed by atoms with Gasteiger partial charge in [0.15, 0.2) is 121 Å². The minimum Gasteiger partial charge on any atom is -0.467 e. The molecule has 65 nitrogen and oxygen atoms in total. The van der Waals surface area contributed by atoms with Crippen LogP contribution in [0.3, 0.4) is 0 Å². The number of carbonyl (C=O) groups is 6. The first-order valence-electron chi connectivity index (χ1n) is 39.7. The highest BCUT2D eigenvalue weighted by atomic mass is 16.5. The zero-order chi connectivity index (χ0) is 99.9. The SMILES string of the molecule is CCOC(=O)c1cnn(C)c1N=Nc1c(C)nn(-c2nc(OC)nc(-n3nc(C)c(N=Nc4c(C(C)=O)cnn4C)c3N)n2)c1N.COC(=O)c1cnn(C)c1N=Nc1c(C)nn(-c2nc(OC)nc(-n3nc(C)c(N=Nc4c(C(=O)CO)cnn4C)c3N)n2)c1N.COC(=O)c1cnn(C)c1N=Nc1c(C)nn(-c2nc(OC)nc(-n3nc(C)c(N=Nc4c(C(=O)CO)cnn4C)c3N)n2)c1N. The van der Waals surface area contributed by atoms with Crippen LogP contribution in [-0.2, 0) is 56.5 Å². The molecule has 714 valence electrons. The third-order valence-electron chi connectivity index (χ3n) is 19.3. The minimum atomic E-state index is -0.720. The van der Waals surface area contributed by atoms with Crippen LogP contribution in [0.4, 0.5) is 104 Å². The van der Waals surface area contributed by atoms with Gasteiger partial charge in [0.1, 0.15) is 29.9 Å². The van der Waals surface area contributed by atoms with Crippen LogP contribution in [-0.4, -0.2) is 263 Å². The number of aryl methyl sites for hydroxylation is 12. The Morgan fingerprint density at radius 2 is 0.500 bits per heavy atom. The Balaban J connectivity index is 0.000000175. The van der Waals surface area contributed by atoms with Gasteiger partial charge in [-0.15, -0.1) is 61.4 Å². The van der Waals surface area contributed by atoms with Crippen LogP contribution in [0, 0.1) is 41.5 Å². The van der Waals surface area contributed by atoms with Crippen molar-refractivity contribution in [2.24, 2.45) is 104 Å². The van der Waals surface area contributed by atoms with Crippen molar-refractivity contribution in [3.8, 4) is 53.7 Å². The molecule has 15 aromatic rings. The zero-order valence-corrected chi connectivity index (χ0v) is 76.5. The van der Waals surface area contributed by atoms with Crippen LogP contribution >= 0.6 is 0 Å². The summed E-state index contributed by atoms with van der Waals surface area (Å²) in [6.45, 7) is 11.7. The third kappa shape index (κ3) is 19.1. The van der Waals surface area contributed by atoms with E-state index in [-0.39, 0.29) is 198 Å². The predicted molar refractivity (Wildman–Crippen MR) is 473 cm³/mol. The molecule has 0 fully saturated rings. The van der Waals surface area contributed by atoms with Crippen molar-refractivity contribution in [2.45, 2.75) is 55.4 Å². The normalized spacial score (nSPS) is 11.6. The number of hydrogen-bond donors (Lipinski definition) is 8. The van der Waals surface area contributed by atoms with Crippen molar-refractivity contribution >= 4 is 139 Å². The summed E-state index contributed by atoms with van der Waals surface area (Å²) in [4.78, 5) is 111. The Hall–Kier alpha value is -19.3. The molecule has 0 aromatic carbocycles. The summed E-state index contributed by atoms with van der Waals surface area (Å²) in [5.74, 6) is -2.65. The number of aliphatic hydroxyl groups excluding tert-OH is 2. The number of anilines is 6. The fourth-order valence-corrected chi connectivity index (χ4v) is 12.3. The molecule has 65 heteroatoms. The Morgan fingerprint density at radius 3 is 0.696 bits per heavy atom. The van der Waals surface area contributed by atoms with Gasteiger partial charge in [-0.2, -0.15) is 134 Å². The quantitative estimate of drug-likeness (QED) is 0.0123. The molecule has 0 aliphatic heterocycles. The van der Waals surface area contributed by atoms with Gasteiger partial charge in [0, 0.05) is 42.3 Å². The largest absolute Gasteiger partial charge is 0.467 e. The number of aromatic nitrogens is 33. The number of methoxy groups -OCH3 is 5. The van der Waals surface area contributed by atoms with Gasteiger partial charge in [-0.3, -0.25) is 14.4 Å². The second-order valence-electron chi connectivity index (χ2n) is 28.3. The number of azo groups is 6. The highest BCUT2D eigenvalue weighted by Gasteiger charge is 2.31. The second kappa shape index (κ2) is 40.2. The first kappa shape index (κ1) is 96.3. The average Bonchev–Trinajstić information content (AvgIpc) is 1.63.